The fraction of sp³-hybridized carbons (Fsp3) is 0.391. The second-order valence-electron chi connectivity index (χ2n) is 7.60. The fourth-order valence-corrected chi connectivity index (χ4v) is 4.66. The summed E-state index contributed by atoms with van der Waals surface area (Å²) in [6.07, 6.45) is 8.80. The lowest BCUT2D eigenvalue weighted by atomic mass is 9.80. The first-order valence-electron chi connectivity index (χ1n) is 9.47. The van der Waals surface area contributed by atoms with Gasteiger partial charge < -0.3 is 9.84 Å². The molecule has 2 saturated heterocycles. The molecule has 2 heterocycles. The number of piperidine rings is 1. The Labute approximate surface area is 159 Å². The topological polar surface area (TPSA) is 32.7 Å². The predicted octanol–water partition coefficient (Wildman–Crippen LogP) is 3.85. The number of hydrogen-bond acceptors (Lipinski definition) is 3. The van der Waals surface area contributed by atoms with E-state index in [4.69, 9.17) is 11.2 Å². The minimum Gasteiger partial charge on any atom is -0.481 e. The maximum absolute atomic E-state index is 13.3. The average molecular weight is 365 g/mol. The van der Waals surface area contributed by atoms with Crippen LogP contribution >= 0.6 is 0 Å². The molecule has 2 atom stereocenters. The number of rotatable bonds is 5. The summed E-state index contributed by atoms with van der Waals surface area (Å²) in [7, 11) is 0. The van der Waals surface area contributed by atoms with Crippen molar-refractivity contribution in [2.45, 2.75) is 49.9 Å². The van der Waals surface area contributed by atoms with Gasteiger partial charge in [0.2, 0.25) is 0 Å². The molecule has 2 bridgehead atoms. The normalized spacial score (nSPS) is 27.3. The Morgan fingerprint density at radius 2 is 1.78 bits per heavy atom. The second-order valence-corrected chi connectivity index (χ2v) is 7.60. The van der Waals surface area contributed by atoms with Crippen molar-refractivity contribution in [3.8, 4) is 18.1 Å². The lowest BCUT2D eigenvalue weighted by Crippen LogP contribution is -2.49. The lowest BCUT2D eigenvalue weighted by molar-refractivity contribution is -0.0596. The van der Waals surface area contributed by atoms with E-state index < -0.39 is 5.60 Å². The molecule has 4 rings (SSSR count). The van der Waals surface area contributed by atoms with Gasteiger partial charge in [-0.25, -0.2) is 4.39 Å². The third-order valence-corrected chi connectivity index (χ3v) is 5.94. The quantitative estimate of drug-likeness (QED) is 0.817. The van der Waals surface area contributed by atoms with Crippen molar-refractivity contribution in [2.24, 2.45) is 0 Å². The highest BCUT2D eigenvalue weighted by Gasteiger charge is 2.48. The molecule has 0 radical (unpaired) electrons. The Morgan fingerprint density at radius 1 is 1.11 bits per heavy atom. The van der Waals surface area contributed by atoms with E-state index in [1.807, 2.05) is 18.2 Å². The van der Waals surface area contributed by atoms with Gasteiger partial charge in [-0.2, -0.15) is 0 Å². The summed E-state index contributed by atoms with van der Waals surface area (Å²) in [4.78, 5) is 2.48. The Hall–Kier alpha value is -2.35. The predicted molar refractivity (Wildman–Crippen MR) is 103 cm³/mol. The minimum atomic E-state index is -0.879. The molecule has 4 heteroatoms. The van der Waals surface area contributed by atoms with Crippen molar-refractivity contribution in [3.05, 3.63) is 65.5 Å². The highest BCUT2D eigenvalue weighted by atomic mass is 19.1. The molecule has 0 saturated carbocycles. The maximum Gasteiger partial charge on any atom is 0.148 e. The molecule has 0 aromatic heterocycles. The maximum atomic E-state index is 13.3. The van der Waals surface area contributed by atoms with Crippen molar-refractivity contribution in [2.75, 3.05) is 6.61 Å². The fourth-order valence-electron chi connectivity index (χ4n) is 4.66. The molecule has 2 aromatic carbocycles. The van der Waals surface area contributed by atoms with E-state index in [1.54, 1.807) is 12.1 Å². The highest BCUT2D eigenvalue weighted by molar-refractivity contribution is 5.34. The number of terminal acetylenes is 1. The Bertz CT molecular complexity index is 828. The summed E-state index contributed by atoms with van der Waals surface area (Å²) in [5.41, 5.74) is 1.06. The summed E-state index contributed by atoms with van der Waals surface area (Å²) in [5.74, 6) is 3.07. The van der Waals surface area contributed by atoms with Crippen LogP contribution in [-0.4, -0.2) is 28.7 Å². The minimum absolute atomic E-state index is 0.258. The number of halogens is 1. The smallest absolute Gasteiger partial charge is 0.148 e. The van der Waals surface area contributed by atoms with Gasteiger partial charge in [-0.1, -0.05) is 36.3 Å². The first-order chi connectivity index (χ1) is 13.1. The van der Waals surface area contributed by atoms with Crippen molar-refractivity contribution < 1.29 is 14.2 Å². The highest BCUT2D eigenvalue weighted by Crippen LogP contribution is 2.46. The second kappa shape index (κ2) is 7.34. The van der Waals surface area contributed by atoms with Gasteiger partial charge in [0.1, 0.15) is 18.2 Å². The van der Waals surface area contributed by atoms with E-state index in [2.05, 4.69) is 16.9 Å². The number of para-hydroxylation sites is 1. The molecule has 2 aromatic rings. The molecule has 27 heavy (non-hydrogen) atoms. The zero-order chi connectivity index (χ0) is 18.9. The summed E-state index contributed by atoms with van der Waals surface area (Å²) in [5, 5.41) is 11.3. The van der Waals surface area contributed by atoms with Crippen LogP contribution in [0.5, 0.6) is 5.75 Å². The summed E-state index contributed by atoms with van der Waals surface area (Å²) >= 11 is 0. The average Bonchev–Trinajstić information content (AvgIpc) is 2.91. The van der Waals surface area contributed by atoms with Gasteiger partial charge in [-0.3, -0.25) is 4.90 Å². The molecule has 2 fully saturated rings. The molecule has 2 aliphatic heterocycles. The largest absolute Gasteiger partial charge is 0.481 e. The van der Waals surface area contributed by atoms with Crippen LogP contribution in [0.3, 0.4) is 0 Å². The van der Waals surface area contributed by atoms with Crippen molar-refractivity contribution >= 4 is 0 Å². The van der Waals surface area contributed by atoms with E-state index in [0.29, 0.717) is 24.9 Å². The van der Waals surface area contributed by atoms with E-state index >= 15 is 0 Å². The summed E-state index contributed by atoms with van der Waals surface area (Å²) < 4.78 is 19.0. The number of aliphatic hydroxyl groups is 1. The van der Waals surface area contributed by atoms with Crippen molar-refractivity contribution in [3.63, 3.8) is 0 Å². The Kier molecular flexibility index (Phi) is 4.90. The van der Waals surface area contributed by atoms with Gasteiger partial charge in [0.15, 0.2) is 0 Å². The van der Waals surface area contributed by atoms with Crippen molar-refractivity contribution in [1.29, 1.82) is 0 Å². The van der Waals surface area contributed by atoms with Gasteiger partial charge in [-0.15, -0.1) is 6.42 Å². The summed E-state index contributed by atoms with van der Waals surface area (Å²) in [6.45, 7) is 1.05. The van der Waals surface area contributed by atoms with Crippen LogP contribution in [0.25, 0.3) is 0 Å². The van der Waals surface area contributed by atoms with E-state index in [9.17, 15) is 9.50 Å². The van der Waals surface area contributed by atoms with E-state index in [0.717, 1.165) is 36.3 Å². The summed E-state index contributed by atoms with van der Waals surface area (Å²) in [6, 6.07) is 14.9. The molecule has 0 amide bonds. The number of hydrogen-bond donors (Lipinski definition) is 1. The van der Waals surface area contributed by atoms with E-state index in [-0.39, 0.29) is 12.4 Å². The van der Waals surface area contributed by atoms with Gasteiger partial charge in [-0.05, 0) is 49.4 Å². The van der Waals surface area contributed by atoms with Crippen molar-refractivity contribution in [1.82, 2.24) is 4.90 Å². The monoisotopic (exact) mass is 365 g/mol. The molecule has 0 spiro atoms. The molecule has 0 unspecified atom stereocenters. The zero-order valence-corrected chi connectivity index (χ0v) is 15.3. The van der Waals surface area contributed by atoms with Gasteiger partial charge in [0.25, 0.3) is 0 Å². The third-order valence-electron chi connectivity index (χ3n) is 5.94. The molecule has 140 valence electrons. The van der Waals surface area contributed by atoms with Gasteiger partial charge in [0.05, 0.1) is 5.60 Å². The van der Waals surface area contributed by atoms with Crippen LogP contribution in [0, 0.1) is 18.2 Å². The van der Waals surface area contributed by atoms with Gasteiger partial charge in [0, 0.05) is 24.2 Å². The Morgan fingerprint density at radius 3 is 2.44 bits per heavy atom. The number of nitrogens with zero attached hydrogens (tertiary/aromatic N) is 1. The molecular weight excluding hydrogens is 341 g/mol. The number of benzene rings is 2. The number of ether oxygens (including phenoxy) is 1. The molecule has 3 nitrogen and oxygen atoms in total. The molecule has 0 aliphatic carbocycles. The van der Waals surface area contributed by atoms with Crippen LogP contribution < -0.4 is 4.74 Å². The van der Waals surface area contributed by atoms with Crippen LogP contribution in [0.15, 0.2) is 48.5 Å². The van der Waals surface area contributed by atoms with E-state index in [1.165, 1.54) is 12.1 Å². The first-order valence-corrected chi connectivity index (χ1v) is 9.47. The van der Waals surface area contributed by atoms with Crippen LogP contribution in [0.1, 0.15) is 36.8 Å². The zero-order valence-electron chi connectivity index (χ0n) is 15.3. The number of fused-ring (bicyclic) bond motifs is 2. The lowest BCUT2D eigenvalue weighted by Gasteiger charge is -2.44. The van der Waals surface area contributed by atoms with Crippen LogP contribution in [-0.2, 0) is 12.1 Å². The first kappa shape index (κ1) is 18.0. The van der Waals surface area contributed by atoms with Crippen LogP contribution in [0.4, 0.5) is 4.39 Å². The standard InChI is InChI=1S/C23H24FNO2/c1-2-13-27-22-6-4-3-5-17(22)16-25-20-11-12-21(25)15-23(26,14-20)18-7-9-19(24)10-8-18/h1,3-10,20-21,26H,11-16H2/t20-,21-/m1/s1. The SMILES string of the molecule is C#CCOc1ccccc1CN1[C@@H]2CC[C@@H]1CC(O)(c1ccc(F)cc1)C2. The molecule has 2 aliphatic rings. The molecular formula is C23H24FNO2. The molecule has 1 N–H and O–H groups in total. The third kappa shape index (κ3) is 3.58. The Balaban J connectivity index is 1.52. The van der Waals surface area contributed by atoms with Gasteiger partial charge >= 0.3 is 0 Å². The van der Waals surface area contributed by atoms with Crippen LogP contribution in [0.2, 0.25) is 0 Å².